The molecule has 0 amide bonds. The maximum absolute atomic E-state index is 2.55. The molecule has 0 aliphatic heterocycles. The number of anilines is 6. The van der Waals surface area contributed by atoms with Crippen LogP contribution in [0.1, 0.15) is 98.9 Å². The van der Waals surface area contributed by atoms with Gasteiger partial charge < -0.3 is 9.80 Å². The Labute approximate surface area is 595 Å². The van der Waals surface area contributed by atoms with Crippen LogP contribution in [0.3, 0.4) is 0 Å². The maximum Gasteiger partial charge on any atom is 0.0540 e. The lowest BCUT2D eigenvalue weighted by Crippen LogP contribution is -2.33. The molecule has 2 aliphatic carbocycles. The Bertz CT molecular complexity index is 6130. The number of nitrogens with zero attached hydrogens (tertiary/aromatic N) is 2. The SMILES string of the molecule is CC(C)(C)c1ccc(N(c2ccc(C3(c4ccccc4)CC=c4c5cccc6cccc(c7cccc3c47)c65)cc2)c2ccc3ccc4c(N(c5ccc(C(C)(C)C)cc5)c5ccc(C6(c7ccccc7)CC=c7c8cccc9cccc(c%10cccc6c7%10)c98)cc5)ccc5ccc2c3c54)cc1. The number of rotatable bonds is 10. The molecule has 0 N–H and O–H groups in total. The summed E-state index contributed by atoms with van der Waals surface area (Å²) in [6, 6.07) is 121. The van der Waals surface area contributed by atoms with E-state index in [1.165, 1.54) is 152 Å². The molecule has 102 heavy (non-hydrogen) atoms. The van der Waals surface area contributed by atoms with Crippen LogP contribution in [-0.4, -0.2) is 0 Å². The zero-order valence-corrected chi connectivity index (χ0v) is 58.5. The third kappa shape index (κ3) is 8.78. The number of hydrogen-bond donors (Lipinski definition) is 0. The molecule has 2 nitrogen and oxygen atoms in total. The summed E-state index contributed by atoms with van der Waals surface area (Å²) in [5.74, 6) is 0. The van der Waals surface area contributed by atoms with Crippen molar-refractivity contribution in [1.82, 2.24) is 0 Å². The zero-order valence-electron chi connectivity index (χ0n) is 58.5. The van der Waals surface area contributed by atoms with Crippen LogP contribution in [0, 0.1) is 0 Å². The molecule has 20 rings (SSSR count). The summed E-state index contributed by atoms with van der Waals surface area (Å²) < 4.78 is 0. The van der Waals surface area contributed by atoms with Gasteiger partial charge in [-0.15, -0.1) is 0 Å². The van der Waals surface area contributed by atoms with Crippen molar-refractivity contribution >= 4 is 143 Å². The quantitative estimate of drug-likeness (QED) is 0.0995. The lowest BCUT2D eigenvalue weighted by molar-refractivity contribution is 0.590. The average molecular weight is 1310 g/mol. The Kier molecular flexibility index (Phi) is 13.2. The summed E-state index contributed by atoms with van der Waals surface area (Å²) in [5.41, 5.74) is 16.2. The van der Waals surface area contributed by atoms with Gasteiger partial charge in [-0.05, 0) is 225 Å². The van der Waals surface area contributed by atoms with Crippen molar-refractivity contribution in [2.75, 3.05) is 9.80 Å². The molecule has 486 valence electrons. The summed E-state index contributed by atoms with van der Waals surface area (Å²) in [6.07, 6.45) is 6.76. The molecule has 2 aliphatic rings. The van der Waals surface area contributed by atoms with E-state index in [-0.39, 0.29) is 10.8 Å². The largest absolute Gasteiger partial charge is 0.310 e. The minimum atomic E-state index is -0.447. The van der Waals surface area contributed by atoms with E-state index >= 15 is 0 Å². The minimum Gasteiger partial charge on any atom is -0.310 e. The average Bonchev–Trinajstić information content (AvgIpc) is 0.710. The van der Waals surface area contributed by atoms with E-state index in [4.69, 9.17) is 0 Å². The van der Waals surface area contributed by atoms with Gasteiger partial charge in [0.15, 0.2) is 0 Å². The van der Waals surface area contributed by atoms with Crippen LogP contribution in [-0.2, 0) is 21.7 Å². The predicted octanol–water partition coefficient (Wildman–Crippen LogP) is 25.5. The molecular weight excluding hydrogens is 1230 g/mol. The molecule has 0 saturated carbocycles. The molecule has 2 unspecified atom stereocenters. The van der Waals surface area contributed by atoms with Crippen molar-refractivity contribution in [1.29, 1.82) is 0 Å². The summed E-state index contributed by atoms with van der Waals surface area (Å²) in [6.45, 7) is 13.8. The summed E-state index contributed by atoms with van der Waals surface area (Å²) in [7, 11) is 0. The molecule has 0 radical (unpaired) electrons. The monoisotopic (exact) mass is 1300 g/mol. The second-order valence-corrected chi connectivity index (χ2v) is 31.0. The summed E-state index contributed by atoms with van der Waals surface area (Å²) in [5, 5.41) is 25.9. The first kappa shape index (κ1) is 60.1. The smallest absolute Gasteiger partial charge is 0.0540 e. The predicted molar refractivity (Wildman–Crippen MR) is 436 cm³/mol. The fraction of sp³-hybridized carbons (Fsp3) is 0.120. The third-order valence-corrected chi connectivity index (χ3v) is 23.6. The van der Waals surface area contributed by atoms with Crippen molar-refractivity contribution in [3.8, 4) is 0 Å². The Balaban J connectivity index is 0.750. The van der Waals surface area contributed by atoms with Gasteiger partial charge in [0.25, 0.3) is 0 Å². The molecule has 0 aromatic heterocycles. The van der Waals surface area contributed by atoms with Crippen molar-refractivity contribution in [3.63, 3.8) is 0 Å². The Morgan fingerprint density at radius 2 is 0.539 bits per heavy atom. The van der Waals surface area contributed by atoms with Crippen molar-refractivity contribution in [2.24, 2.45) is 0 Å². The topological polar surface area (TPSA) is 6.48 Å². The van der Waals surface area contributed by atoms with Crippen molar-refractivity contribution in [2.45, 2.75) is 76.0 Å². The Morgan fingerprint density at radius 1 is 0.235 bits per heavy atom. The molecule has 0 bridgehead atoms. The molecule has 0 saturated heterocycles. The van der Waals surface area contributed by atoms with E-state index in [9.17, 15) is 0 Å². The minimum absolute atomic E-state index is 0.0144. The van der Waals surface area contributed by atoms with Crippen LogP contribution in [0.2, 0.25) is 0 Å². The first-order valence-electron chi connectivity index (χ1n) is 36.4. The molecule has 0 fully saturated rings. The normalized spacial score (nSPS) is 16.1. The standard InChI is InChI=1S/C100H76N2/c1-97(2,3)67-39-47-73(48-40-67)101(75-51-43-71(44-52-75)99(69-23-9-7-10-24-69)61-59-83-79-29-15-21-63-19-13-27-77(91(63)79)81-31-17-33-87(99)95(81)83)89-57-37-65-36-56-86-90(58-38-66-35-55-85(89)93(65)94(66)86)102(74-49-41-68(42-50-74)98(4,5)6)76-53-45-72(46-54-76)100(70-25-11-8-12-26-70)62-60-84-80-30-16-22-64-20-14-28-78(92(64)80)82-32-18-34-88(100)96(82)84/h7-60H,61-62H2,1-6H3. The van der Waals surface area contributed by atoms with E-state index in [2.05, 4.69) is 379 Å². The van der Waals surface area contributed by atoms with Gasteiger partial charge in [0, 0.05) is 44.4 Å². The molecule has 18 aromatic rings. The van der Waals surface area contributed by atoms with Gasteiger partial charge in [-0.25, -0.2) is 0 Å². The molecule has 18 aromatic carbocycles. The fourth-order valence-electron chi connectivity index (χ4n) is 18.7. The van der Waals surface area contributed by atoms with Crippen LogP contribution in [0.15, 0.2) is 315 Å². The molecule has 2 atom stereocenters. The molecule has 2 heteroatoms. The number of fused-ring (bicyclic) bond motifs is 4. The highest BCUT2D eigenvalue weighted by Gasteiger charge is 2.42. The third-order valence-electron chi connectivity index (χ3n) is 23.6. The first-order valence-corrected chi connectivity index (χ1v) is 36.4. The zero-order chi connectivity index (χ0) is 68.4. The summed E-state index contributed by atoms with van der Waals surface area (Å²) in [4.78, 5) is 5.03. The highest BCUT2D eigenvalue weighted by molar-refractivity contribution is 6.29. The number of hydrogen-bond acceptors (Lipinski definition) is 2. The summed E-state index contributed by atoms with van der Waals surface area (Å²) >= 11 is 0. The van der Waals surface area contributed by atoms with Crippen molar-refractivity contribution in [3.05, 3.63) is 370 Å². The van der Waals surface area contributed by atoms with E-state index in [0.29, 0.717) is 0 Å². The van der Waals surface area contributed by atoms with Crippen LogP contribution in [0.5, 0.6) is 0 Å². The van der Waals surface area contributed by atoms with Gasteiger partial charge in [-0.2, -0.15) is 0 Å². The Morgan fingerprint density at radius 3 is 0.902 bits per heavy atom. The van der Waals surface area contributed by atoms with Crippen LogP contribution in [0.25, 0.3) is 109 Å². The van der Waals surface area contributed by atoms with Gasteiger partial charge in [-0.3, -0.25) is 0 Å². The Hall–Kier alpha value is -11.8. The van der Waals surface area contributed by atoms with Crippen LogP contribution in [0.4, 0.5) is 34.1 Å². The fourth-order valence-corrected chi connectivity index (χ4v) is 18.7. The van der Waals surface area contributed by atoms with E-state index in [1.54, 1.807) is 0 Å². The molecule has 0 heterocycles. The van der Waals surface area contributed by atoms with E-state index in [1.807, 2.05) is 0 Å². The lowest BCUT2D eigenvalue weighted by Gasteiger charge is -2.39. The van der Waals surface area contributed by atoms with Gasteiger partial charge >= 0.3 is 0 Å². The van der Waals surface area contributed by atoms with Crippen molar-refractivity contribution < 1.29 is 0 Å². The maximum atomic E-state index is 2.55. The lowest BCUT2D eigenvalue weighted by atomic mass is 9.64. The van der Waals surface area contributed by atoms with Gasteiger partial charge in [0.2, 0.25) is 0 Å². The van der Waals surface area contributed by atoms with E-state index in [0.717, 1.165) is 47.0 Å². The number of benzene rings is 18. The van der Waals surface area contributed by atoms with Crippen LogP contribution < -0.4 is 20.2 Å². The first-order chi connectivity index (χ1) is 49.8. The second kappa shape index (κ2) is 22.3. The second-order valence-electron chi connectivity index (χ2n) is 31.0. The van der Waals surface area contributed by atoms with Crippen LogP contribution >= 0.6 is 0 Å². The molecule has 0 spiro atoms. The molecular formula is C100H76N2. The van der Waals surface area contributed by atoms with Gasteiger partial charge in [0.1, 0.15) is 0 Å². The van der Waals surface area contributed by atoms with E-state index < -0.39 is 10.8 Å². The highest BCUT2D eigenvalue weighted by atomic mass is 15.1. The van der Waals surface area contributed by atoms with Gasteiger partial charge in [-0.1, -0.05) is 308 Å². The van der Waals surface area contributed by atoms with Gasteiger partial charge in [0.05, 0.1) is 11.4 Å². The highest BCUT2D eigenvalue weighted by Crippen LogP contribution is 2.54.